The van der Waals surface area contributed by atoms with Crippen molar-refractivity contribution < 1.29 is 4.79 Å². The van der Waals surface area contributed by atoms with Crippen LogP contribution < -0.4 is 5.32 Å². The number of nitrogens with one attached hydrogen (secondary N) is 1. The zero-order chi connectivity index (χ0) is 17.1. The molecule has 5 heteroatoms. The molecule has 1 aliphatic rings. The van der Waals surface area contributed by atoms with E-state index < -0.39 is 0 Å². The summed E-state index contributed by atoms with van der Waals surface area (Å²) >= 11 is 8.06. The molecule has 3 rings (SSSR count). The van der Waals surface area contributed by atoms with Crippen molar-refractivity contribution in [3.8, 4) is 0 Å². The van der Waals surface area contributed by atoms with Gasteiger partial charge < -0.3 is 10.2 Å². The Morgan fingerprint density at radius 3 is 2.75 bits per heavy atom. The van der Waals surface area contributed by atoms with Crippen LogP contribution in [0.5, 0.6) is 0 Å². The van der Waals surface area contributed by atoms with Gasteiger partial charge in [-0.15, -0.1) is 11.3 Å². The van der Waals surface area contributed by atoms with Crippen molar-refractivity contribution in [3.05, 3.63) is 50.7 Å². The molecule has 2 heterocycles. The number of rotatable bonds is 2. The second-order valence-corrected chi connectivity index (χ2v) is 8.15. The number of likely N-dealkylation sites (tertiary alicyclic amines) is 1. The lowest BCUT2D eigenvalue weighted by Gasteiger charge is -2.29. The number of benzene rings is 1. The average molecular weight is 363 g/mol. The highest BCUT2D eigenvalue weighted by Gasteiger charge is 2.28. The van der Waals surface area contributed by atoms with Gasteiger partial charge in [-0.25, -0.2) is 4.79 Å². The van der Waals surface area contributed by atoms with E-state index in [0.29, 0.717) is 10.7 Å². The van der Waals surface area contributed by atoms with Gasteiger partial charge in [0.05, 0.1) is 16.8 Å². The molecule has 2 amide bonds. The molecule has 0 spiro atoms. The summed E-state index contributed by atoms with van der Waals surface area (Å²) in [6, 6.07) is 10.1. The molecule has 1 aromatic heterocycles. The smallest absolute Gasteiger partial charge is 0.317 e. The molecule has 1 aromatic carbocycles. The van der Waals surface area contributed by atoms with E-state index in [1.54, 1.807) is 11.3 Å². The lowest BCUT2D eigenvalue weighted by atomic mass is 10.1. The number of anilines is 1. The van der Waals surface area contributed by atoms with Crippen LogP contribution >= 0.6 is 22.9 Å². The minimum Gasteiger partial charge on any atom is -0.317 e. The third kappa shape index (κ3) is 3.93. The van der Waals surface area contributed by atoms with Gasteiger partial charge in [0.25, 0.3) is 0 Å². The van der Waals surface area contributed by atoms with Gasteiger partial charge in [-0.3, -0.25) is 0 Å². The molecule has 1 aliphatic heterocycles. The topological polar surface area (TPSA) is 32.3 Å². The Kier molecular flexibility index (Phi) is 5.47. The number of hydrogen-bond donors (Lipinski definition) is 1. The number of hydrogen-bond acceptors (Lipinski definition) is 2. The highest BCUT2D eigenvalue weighted by molar-refractivity contribution is 7.12. The van der Waals surface area contributed by atoms with E-state index in [9.17, 15) is 4.79 Å². The van der Waals surface area contributed by atoms with E-state index in [1.165, 1.54) is 16.2 Å². The number of carbonyl (C=O) groups excluding carboxylic acids is 1. The van der Waals surface area contributed by atoms with Crippen molar-refractivity contribution >= 4 is 34.7 Å². The summed E-state index contributed by atoms with van der Waals surface area (Å²) in [5, 5.41) is 3.59. The molecule has 1 N–H and O–H groups in total. The fraction of sp³-hybridized carbons (Fsp3) is 0.421. The Bertz CT molecular complexity index is 728. The Morgan fingerprint density at radius 1 is 1.21 bits per heavy atom. The second-order valence-electron chi connectivity index (χ2n) is 6.42. The number of nitrogens with zero attached hydrogens (tertiary/aromatic N) is 1. The number of thiophene rings is 1. The van der Waals surface area contributed by atoms with Gasteiger partial charge in [-0.05, 0) is 56.5 Å². The van der Waals surface area contributed by atoms with Gasteiger partial charge >= 0.3 is 6.03 Å². The van der Waals surface area contributed by atoms with Gasteiger partial charge in [-0.2, -0.15) is 0 Å². The highest BCUT2D eigenvalue weighted by Crippen LogP contribution is 2.35. The molecule has 3 nitrogen and oxygen atoms in total. The summed E-state index contributed by atoms with van der Waals surface area (Å²) < 4.78 is 0. The normalized spacial score (nSPS) is 18.3. The van der Waals surface area contributed by atoms with E-state index in [1.807, 2.05) is 30.0 Å². The fourth-order valence-electron chi connectivity index (χ4n) is 3.19. The zero-order valence-electron chi connectivity index (χ0n) is 14.1. The largest absolute Gasteiger partial charge is 0.322 e. The molecule has 1 saturated heterocycles. The maximum absolute atomic E-state index is 12.9. The molecule has 2 aromatic rings. The van der Waals surface area contributed by atoms with E-state index in [0.717, 1.165) is 31.4 Å². The van der Waals surface area contributed by atoms with Crippen LogP contribution in [0.2, 0.25) is 5.02 Å². The fourth-order valence-corrected chi connectivity index (χ4v) is 4.50. The minimum atomic E-state index is -0.0568. The van der Waals surface area contributed by atoms with Crippen LogP contribution in [-0.2, 0) is 0 Å². The lowest BCUT2D eigenvalue weighted by Crippen LogP contribution is -2.37. The van der Waals surface area contributed by atoms with Gasteiger partial charge in [-0.1, -0.05) is 30.5 Å². The third-order valence-electron chi connectivity index (χ3n) is 4.47. The number of carbonyl (C=O) groups is 1. The van der Waals surface area contributed by atoms with Crippen LogP contribution in [0.4, 0.5) is 10.5 Å². The summed E-state index contributed by atoms with van der Waals surface area (Å²) in [5.41, 5.74) is 1.76. The summed E-state index contributed by atoms with van der Waals surface area (Å²) in [4.78, 5) is 17.5. The van der Waals surface area contributed by atoms with Gasteiger partial charge in [0.15, 0.2) is 0 Å². The zero-order valence-corrected chi connectivity index (χ0v) is 15.7. The number of urea groups is 1. The predicted molar refractivity (Wildman–Crippen MR) is 102 cm³/mol. The van der Waals surface area contributed by atoms with Crippen LogP contribution in [0.15, 0.2) is 30.3 Å². The summed E-state index contributed by atoms with van der Waals surface area (Å²) in [6.07, 6.45) is 4.41. The summed E-state index contributed by atoms with van der Waals surface area (Å²) in [5.74, 6) is 0. The van der Waals surface area contributed by atoms with Crippen molar-refractivity contribution in [2.24, 2.45) is 0 Å². The monoisotopic (exact) mass is 362 g/mol. The number of halogens is 1. The van der Waals surface area contributed by atoms with Crippen LogP contribution in [0.1, 0.15) is 47.0 Å². The molecule has 0 aliphatic carbocycles. The minimum absolute atomic E-state index is 0.0568. The van der Waals surface area contributed by atoms with E-state index in [2.05, 4.69) is 24.4 Å². The molecule has 24 heavy (non-hydrogen) atoms. The van der Waals surface area contributed by atoms with Gasteiger partial charge in [0, 0.05) is 16.3 Å². The van der Waals surface area contributed by atoms with Crippen LogP contribution in [0, 0.1) is 13.8 Å². The Morgan fingerprint density at radius 2 is 2.04 bits per heavy atom. The van der Waals surface area contributed by atoms with Crippen LogP contribution in [0.3, 0.4) is 0 Å². The standard InChI is InChI=1S/C19H23ClN2OS/c1-13-7-9-16(15(20)12-13)21-19(23)22-11-5-3-4-6-17(22)18-10-8-14(2)24-18/h7-10,12,17H,3-6,11H2,1-2H3,(H,21,23). The molecule has 0 bridgehead atoms. The Balaban J connectivity index is 1.81. The number of aryl methyl sites for hydroxylation is 2. The first-order valence-corrected chi connectivity index (χ1v) is 9.64. The van der Waals surface area contributed by atoms with Crippen molar-refractivity contribution in [1.29, 1.82) is 0 Å². The van der Waals surface area contributed by atoms with Crippen LogP contribution in [0.25, 0.3) is 0 Å². The number of amides is 2. The van der Waals surface area contributed by atoms with Crippen molar-refractivity contribution in [1.82, 2.24) is 4.90 Å². The average Bonchev–Trinajstić information content (AvgIpc) is 2.83. The van der Waals surface area contributed by atoms with Crippen molar-refractivity contribution in [2.75, 3.05) is 11.9 Å². The van der Waals surface area contributed by atoms with Crippen molar-refractivity contribution in [3.63, 3.8) is 0 Å². The molecular weight excluding hydrogens is 340 g/mol. The second kappa shape index (κ2) is 7.58. The van der Waals surface area contributed by atoms with E-state index in [-0.39, 0.29) is 12.1 Å². The SMILES string of the molecule is Cc1ccc(NC(=O)N2CCCCCC2c2ccc(C)s2)c(Cl)c1. The summed E-state index contributed by atoms with van der Waals surface area (Å²) in [6.45, 7) is 4.89. The van der Waals surface area contributed by atoms with E-state index in [4.69, 9.17) is 11.6 Å². The Hall–Kier alpha value is -1.52. The molecule has 0 radical (unpaired) electrons. The van der Waals surface area contributed by atoms with Crippen LogP contribution in [-0.4, -0.2) is 17.5 Å². The molecule has 1 unspecified atom stereocenters. The van der Waals surface area contributed by atoms with Gasteiger partial charge in [0.1, 0.15) is 0 Å². The first-order chi connectivity index (χ1) is 11.5. The first-order valence-electron chi connectivity index (χ1n) is 8.45. The first kappa shape index (κ1) is 17.3. The maximum atomic E-state index is 12.9. The van der Waals surface area contributed by atoms with Gasteiger partial charge in [0.2, 0.25) is 0 Å². The lowest BCUT2D eigenvalue weighted by molar-refractivity contribution is 0.190. The molecule has 128 valence electrons. The third-order valence-corrected chi connectivity index (χ3v) is 5.88. The molecule has 0 saturated carbocycles. The predicted octanol–water partition coefficient (Wildman–Crippen LogP) is 6.17. The molecular formula is C19H23ClN2OS. The highest BCUT2D eigenvalue weighted by atomic mass is 35.5. The maximum Gasteiger partial charge on any atom is 0.322 e. The molecule has 1 fully saturated rings. The summed E-state index contributed by atoms with van der Waals surface area (Å²) in [7, 11) is 0. The Labute approximate surface area is 152 Å². The quantitative estimate of drug-likeness (QED) is 0.680. The molecule has 1 atom stereocenters. The van der Waals surface area contributed by atoms with Crippen molar-refractivity contribution in [2.45, 2.75) is 45.6 Å². The van der Waals surface area contributed by atoms with E-state index >= 15 is 0 Å².